The normalized spacial score (nSPS) is 12.9. The van der Waals surface area contributed by atoms with E-state index in [9.17, 15) is 0 Å². The Kier molecular flexibility index (Phi) is 7.48. The molecule has 4 heteroatoms. The fourth-order valence-corrected chi connectivity index (χ4v) is 9.33. The summed E-state index contributed by atoms with van der Waals surface area (Å²) in [5.41, 5.74) is 19.1. The number of fused-ring (bicyclic) bond motifs is 10. The van der Waals surface area contributed by atoms with Crippen molar-refractivity contribution in [3.8, 4) is 78.8 Å². The lowest BCUT2D eigenvalue weighted by Gasteiger charge is -2.31. The van der Waals surface area contributed by atoms with E-state index in [4.69, 9.17) is 19.9 Å². The van der Waals surface area contributed by atoms with E-state index in [2.05, 4.69) is 159 Å². The zero-order valence-electron chi connectivity index (χ0n) is 31.6. The van der Waals surface area contributed by atoms with Gasteiger partial charge in [-0.25, -0.2) is 15.0 Å². The number of pyridine rings is 1. The Morgan fingerprint density at radius 3 is 1.42 bits per heavy atom. The molecule has 0 atom stereocenters. The lowest BCUT2D eigenvalue weighted by Crippen LogP contribution is -2.25. The topological polar surface area (TPSA) is 51.6 Å². The zero-order valence-corrected chi connectivity index (χ0v) is 31.6. The Morgan fingerprint density at radius 1 is 0.316 bits per heavy atom. The number of aryl methyl sites for hydroxylation is 2. The molecule has 1 spiro atoms. The molecule has 57 heavy (non-hydrogen) atoms. The summed E-state index contributed by atoms with van der Waals surface area (Å²) in [5, 5.41) is 0. The summed E-state index contributed by atoms with van der Waals surface area (Å²) >= 11 is 0. The predicted octanol–water partition coefficient (Wildman–Crippen LogP) is 12.6. The van der Waals surface area contributed by atoms with E-state index < -0.39 is 5.41 Å². The number of benzene rings is 7. The van der Waals surface area contributed by atoms with Gasteiger partial charge in [0.25, 0.3) is 0 Å². The molecule has 268 valence electrons. The van der Waals surface area contributed by atoms with Crippen molar-refractivity contribution in [2.24, 2.45) is 0 Å². The quantitative estimate of drug-likeness (QED) is 0.177. The standard InChI is InChI=1S/C53H36N4/c1-33-29-34(2)54-49(30-33)43-22-10-9-19-39(43)37-25-27-42-44-31-38(52-56-50(35-15-5-3-6-16-35)55-51(57-52)36-17-7-4-8-18-36)26-28-47(44)53(48(42)32-37)45-23-13-11-20-40(45)41-21-12-14-24-46(41)53/h3-32H,1-2H3. The van der Waals surface area contributed by atoms with Gasteiger partial charge in [0, 0.05) is 27.9 Å². The van der Waals surface area contributed by atoms with E-state index >= 15 is 0 Å². The second-order valence-corrected chi connectivity index (χ2v) is 15.1. The molecule has 7 aromatic carbocycles. The number of aromatic nitrogens is 4. The van der Waals surface area contributed by atoms with Gasteiger partial charge in [-0.1, -0.05) is 158 Å². The monoisotopic (exact) mass is 728 g/mol. The van der Waals surface area contributed by atoms with E-state index in [1.54, 1.807) is 0 Å². The minimum absolute atomic E-state index is 0.511. The number of hydrogen-bond donors (Lipinski definition) is 0. The van der Waals surface area contributed by atoms with Crippen molar-refractivity contribution in [3.05, 3.63) is 216 Å². The van der Waals surface area contributed by atoms with Gasteiger partial charge in [-0.05, 0) is 99.3 Å². The van der Waals surface area contributed by atoms with Crippen LogP contribution < -0.4 is 0 Å². The Bertz CT molecular complexity index is 2920. The first-order valence-corrected chi connectivity index (χ1v) is 19.5. The molecule has 0 fully saturated rings. The first-order chi connectivity index (χ1) is 28.1. The lowest BCUT2D eigenvalue weighted by atomic mass is 9.70. The lowest BCUT2D eigenvalue weighted by molar-refractivity contribution is 0.794. The molecule has 0 bridgehead atoms. The van der Waals surface area contributed by atoms with Crippen molar-refractivity contribution in [1.82, 2.24) is 19.9 Å². The Labute approximate surface area is 332 Å². The van der Waals surface area contributed by atoms with Gasteiger partial charge < -0.3 is 0 Å². The largest absolute Gasteiger partial charge is 0.253 e. The van der Waals surface area contributed by atoms with Crippen LogP contribution in [0.4, 0.5) is 0 Å². The molecule has 0 radical (unpaired) electrons. The van der Waals surface area contributed by atoms with E-state index in [0.717, 1.165) is 44.8 Å². The Balaban J connectivity index is 1.16. The summed E-state index contributed by atoms with van der Waals surface area (Å²) in [6.45, 7) is 4.21. The predicted molar refractivity (Wildman–Crippen MR) is 231 cm³/mol. The zero-order chi connectivity index (χ0) is 38.1. The van der Waals surface area contributed by atoms with Crippen molar-refractivity contribution >= 4 is 0 Å². The van der Waals surface area contributed by atoms with Gasteiger partial charge in [0.15, 0.2) is 17.5 Å². The molecule has 9 aromatic rings. The highest BCUT2D eigenvalue weighted by atomic mass is 15.0. The Morgan fingerprint density at radius 2 is 0.807 bits per heavy atom. The van der Waals surface area contributed by atoms with Gasteiger partial charge in [0.2, 0.25) is 0 Å². The van der Waals surface area contributed by atoms with Crippen LogP contribution in [-0.2, 0) is 5.41 Å². The van der Waals surface area contributed by atoms with Crippen LogP contribution in [0.25, 0.3) is 78.8 Å². The van der Waals surface area contributed by atoms with Gasteiger partial charge in [0.1, 0.15) is 0 Å². The van der Waals surface area contributed by atoms with Gasteiger partial charge >= 0.3 is 0 Å². The van der Waals surface area contributed by atoms with Crippen molar-refractivity contribution in [2.75, 3.05) is 0 Å². The van der Waals surface area contributed by atoms with E-state index in [1.807, 2.05) is 36.4 Å². The third-order valence-electron chi connectivity index (χ3n) is 11.7. The molecule has 2 heterocycles. The maximum atomic E-state index is 5.12. The van der Waals surface area contributed by atoms with E-state index in [1.165, 1.54) is 50.1 Å². The molecule has 0 amide bonds. The van der Waals surface area contributed by atoms with Crippen molar-refractivity contribution < 1.29 is 0 Å². The fourth-order valence-electron chi connectivity index (χ4n) is 9.33. The van der Waals surface area contributed by atoms with Crippen LogP contribution >= 0.6 is 0 Å². The maximum Gasteiger partial charge on any atom is 0.164 e. The second-order valence-electron chi connectivity index (χ2n) is 15.1. The number of hydrogen-bond acceptors (Lipinski definition) is 4. The van der Waals surface area contributed by atoms with Crippen LogP contribution in [0, 0.1) is 13.8 Å². The summed E-state index contributed by atoms with van der Waals surface area (Å²) < 4.78 is 0. The highest BCUT2D eigenvalue weighted by Crippen LogP contribution is 2.63. The molecule has 2 aliphatic carbocycles. The second kappa shape index (κ2) is 12.9. The molecular formula is C53H36N4. The van der Waals surface area contributed by atoms with Crippen molar-refractivity contribution in [2.45, 2.75) is 19.3 Å². The first-order valence-electron chi connectivity index (χ1n) is 19.5. The molecule has 0 saturated carbocycles. The van der Waals surface area contributed by atoms with Crippen LogP contribution in [-0.4, -0.2) is 19.9 Å². The van der Waals surface area contributed by atoms with Crippen LogP contribution in [0.15, 0.2) is 182 Å². The minimum Gasteiger partial charge on any atom is -0.253 e. The van der Waals surface area contributed by atoms with Crippen LogP contribution in [0.2, 0.25) is 0 Å². The molecular weight excluding hydrogens is 693 g/mol. The summed E-state index contributed by atoms with van der Waals surface area (Å²) in [4.78, 5) is 20.2. The molecule has 0 unspecified atom stereocenters. The van der Waals surface area contributed by atoms with Gasteiger partial charge in [-0.2, -0.15) is 0 Å². The fraction of sp³-hybridized carbons (Fsp3) is 0.0566. The number of rotatable bonds is 5. The molecule has 0 saturated heterocycles. The Hall–Kier alpha value is -7.30. The first kappa shape index (κ1) is 33.1. The third kappa shape index (κ3) is 5.14. The van der Waals surface area contributed by atoms with Gasteiger partial charge in [0.05, 0.1) is 11.1 Å². The van der Waals surface area contributed by atoms with E-state index in [-0.39, 0.29) is 0 Å². The summed E-state index contributed by atoms with van der Waals surface area (Å²) in [6.07, 6.45) is 0. The third-order valence-corrected chi connectivity index (χ3v) is 11.7. The van der Waals surface area contributed by atoms with Crippen LogP contribution in [0.5, 0.6) is 0 Å². The summed E-state index contributed by atoms with van der Waals surface area (Å²) in [5.74, 6) is 1.95. The average Bonchev–Trinajstić information content (AvgIpc) is 3.73. The highest BCUT2D eigenvalue weighted by Gasteiger charge is 2.51. The van der Waals surface area contributed by atoms with Crippen molar-refractivity contribution in [3.63, 3.8) is 0 Å². The van der Waals surface area contributed by atoms with Crippen molar-refractivity contribution in [1.29, 1.82) is 0 Å². The SMILES string of the molecule is Cc1cc(C)nc(-c2ccccc2-c2ccc3c(c2)C2(c4ccccc4-c4ccccc42)c2ccc(-c4nc(-c5ccccc5)nc(-c5ccccc5)n4)cc2-3)c1. The van der Waals surface area contributed by atoms with Crippen LogP contribution in [0.3, 0.4) is 0 Å². The molecule has 2 aromatic heterocycles. The average molecular weight is 729 g/mol. The highest BCUT2D eigenvalue weighted by molar-refractivity contribution is 5.97. The van der Waals surface area contributed by atoms with Gasteiger partial charge in [-0.15, -0.1) is 0 Å². The summed E-state index contributed by atoms with van der Waals surface area (Å²) in [6, 6.07) is 65.1. The number of nitrogens with zero attached hydrogens (tertiary/aromatic N) is 4. The maximum absolute atomic E-state index is 5.12. The van der Waals surface area contributed by atoms with E-state index in [0.29, 0.717) is 17.5 Å². The minimum atomic E-state index is -0.511. The molecule has 0 N–H and O–H groups in total. The van der Waals surface area contributed by atoms with Gasteiger partial charge in [-0.3, -0.25) is 4.98 Å². The van der Waals surface area contributed by atoms with Crippen LogP contribution in [0.1, 0.15) is 33.5 Å². The molecule has 11 rings (SSSR count). The molecule has 2 aliphatic rings. The molecule has 4 nitrogen and oxygen atoms in total. The molecule has 0 aliphatic heterocycles. The summed E-state index contributed by atoms with van der Waals surface area (Å²) in [7, 11) is 0. The smallest absolute Gasteiger partial charge is 0.164 e.